The summed E-state index contributed by atoms with van der Waals surface area (Å²) in [6.07, 6.45) is 3.49. The van der Waals surface area contributed by atoms with Gasteiger partial charge in [0.15, 0.2) is 0 Å². The standard InChI is InChI=1S/C25H28ClN5O3/c26-21-12-6-5-11-19(21)23(32)28-22-20(17-18-9-3-1-4-10-18)24(30-29-22)34-25(33)27-13-16-31-14-7-2-8-15-31/h1,3-6,9-12H,2,7-8,13-17H2,(H,27,33)(H2,28,29,30,32). The van der Waals surface area contributed by atoms with E-state index in [2.05, 4.69) is 25.7 Å². The molecule has 1 fully saturated rings. The number of nitrogens with one attached hydrogen (secondary N) is 3. The predicted octanol–water partition coefficient (Wildman–Crippen LogP) is 4.48. The van der Waals surface area contributed by atoms with Crippen LogP contribution < -0.4 is 15.4 Å². The number of aromatic nitrogens is 2. The maximum atomic E-state index is 12.8. The number of hydrogen-bond acceptors (Lipinski definition) is 5. The van der Waals surface area contributed by atoms with Gasteiger partial charge in [-0.15, -0.1) is 5.10 Å². The van der Waals surface area contributed by atoms with Crippen molar-refractivity contribution in [3.05, 3.63) is 76.3 Å². The van der Waals surface area contributed by atoms with Gasteiger partial charge >= 0.3 is 6.09 Å². The largest absolute Gasteiger partial charge is 0.414 e. The smallest absolute Gasteiger partial charge is 0.389 e. The number of rotatable bonds is 8. The van der Waals surface area contributed by atoms with E-state index in [1.807, 2.05) is 30.3 Å². The lowest BCUT2D eigenvalue weighted by Crippen LogP contribution is -2.38. The second-order valence-electron chi connectivity index (χ2n) is 8.20. The third-order valence-corrected chi connectivity index (χ3v) is 6.07. The van der Waals surface area contributed by atoms with E-state index in [9.17, 15) is 9.59 Å². The molecule has 1 aromatic heterocycles. The van der Waals surface area contributed by atoms with E-state index in [1.165, 1.54) is 19.3 Å². The second kappa shape index (κ2) is 11.7. The average Bonchev–Trinajstić information content (AvgIpc) is 3.21. The fraction of sp³-hybridized carbons (Fsp3) is 0.320. The van der Waals surface area contributed by atoms with E-state index in [0.717, 1.165) is 25.2 Å². The molecule has 2 aromatic carbocycles. The van der Waals surface area contributed by atoms with E-state index >= 15 is 0 Å². The molecular weight excluding hydrogens is 454 g/mol. The highest BCUT2D eigenvalue weighted by atomic mass is 35.5. The van der Waals surface area contributed by atoms with Crippen LogP contribution >= 0.6 is 11.6 Å². The van der Waals surface area contributed by atoms with E-state index < -0.39 is 6.09 Å². The number of halogens is 1. The number of anilines is 1. The molecule has 0 aliphatic carbocycles. The van der Waals surface area contributed by atoms with Crippen LogP contribution in [0, 0.1) is 0 Å². The van der Waals surface area contributed by atoms with Crippen molar-refractivity contribution < 1.29 is 14.3 Å². The first-order chi connectivity index (χ1) is 16.6. The first kappa shape index (κ1) is 23.8. The molecule has 2 amide bonds. The van der Waals surface area contributed by atoms with Crippen molar-refractivity contribution in [3.8, 4) is 5.88 Å². The van der Waals surface area contributed by atoms with Crippen LogP contribution in [0.2, 0.25) is 5.02 Å². The Morgan fingerprint density at radius 1 is 1.03 bits per heavy atom. The zero-order chi connectivity index (χ0) is 23.8. The molecule has 0 atom stereocenters. The number of amides is 2. The number of aromatic amines is 1. The lowest BCUT2D eigenvalue weighted by molar-refractivity contribution is 0.102. The van der Waals surface area contributed by atoms with E-state index in [0.29, 0.717) is 34.9 Å². The molecule has 0 bridgehead atoms. The summed E-state index contributed by atoms with van der Waals surface area (Å²) < 4.78 is 5.51. The van der Waals surface area contributed by atoms with Gasteiger partial charge in [-0.25, -0.2) is 4.79 Å². The van der Waals surface area contributed by atoms with Gasteiger partial charge in [0.05, 0.1) is 16.1 Å². The monoisotopic (exact) mass is 481 g/mol. The Morgan fingerprint density at radius 2 is 1.76 bits per heavy atom. The van der Waals surface area contributed by atoms with Gasteiger partial charge in [0.2, 0.25) is 5.88 Å². The lowest BCUT2D eigenvalue weighted by atomic mass is 10.1. The molecule has 1 saturated heterocycles. The molecule has 34 heavy (non-hydrogen) atoms. The van der Waals surface area contributed by atoms with Gasteiger partial charge < -0.3 is 20.3 Å². The molecule has 0 spiro atoms. The molecule has 1 aliphatic rings. The quantitative estimate of drug-likeness (QED) is 0.440. The highest BCUT2D eigenvalue weighted by Crippen LogP contribution is 2.28. The Morgan fingerprint density at radius 3 is 2.53 bits per heavy atom. The Hall–Kier alpha value is -3.36. The lowest BCUT2D eigenvalue weighted by Gasteiger charge is -2.26. The first-order valence-electron chi connectivity index (χ1n) is 11.5. The average molecular weight is 482 g/mol. The van der Waals surface area contributed by atoms with Crippen molar-refractivity contribution in [2.45, 2.75) is 25.7 Å². The van der Waals surface area contributed by atoms with Crippen LogP contribution in [0.3, 0.4) is 0 Å². The maximum absolute atomic E-state index is 12.8. The summed E-state index contributed by atoms with van der Waals surface area (Å²) in [5.74, 6) is 0.0831. The molecule has 9 heteroatoms. The third-order valence-electron chi connectivity index (χ3n) is 5.75. The van der Waals surface area contributed by atoms with Crippen molar-refractivity contribution in [3.63, 3.8) is 0 Å². The van der Waals surface area contributed by atoms with E-state index in [-0.39, 0.29) is 11.8 Å². The minimum atomic E-state index is -0.582. The predicted molar refractivity (Wildman–Crippen MR) is 132 cm³/mol. The SMILES string of the molecule is O=C(NCCN1CCCCC1)Oc1n[nH]c(NC(=O)c2ccccc2Cl)c1Cc1ccccc1. The fourth-order valence-corrected chi connectivity index (χ4v) is 4.17. The van der Waals surface area contributed by atoms with Crippen molar-refractivity contribution in [2.75, 3.05) is 31.5 Å². The molecule has 2 heterocycles. The summed E-state index contributed by atoms with van der Waals surface area (Å²) >= 11 is 6.17. The van der Waals surface area contributed by atoms with Crippen LogP contribution in [0.5, 0.6) is 5.88 Å². The van der Waals surface area contributed by atoms with Gasteiger partial charge in [-0.1, -0.05) is 60.5 Å². The second-order valence-corrected chi connectivity index (χ2v) is 8.60. The number of H-pyrrole nitrogens is 1. The number of ether oxygens (including phenoxy) is 1. The van der Waals surface area contributed by atoms with Crippen LogP contribution in [0.4, 0.5) is 10.6 Å². The van der Waals surface area contributed by atoms with Crippen molar-refractivity contribution in [1.82, 2.24) is 20.4 Å². The van der Waals surface area contributed by atoms with Gasteiger partial charge in [0.25, 0.3) is 5.91 Å². The van der Waals surface area contributed by atoms with Gasteiger partial charge in [-0.3, -0.25) is 9.89 Å². The van der Waals surface area contributed by atoms with Gasteiger partial charge in [0.1, 0.15) is 5.82 Å². The number of carbonyl (C=O) groups excluding carboxylic acids is 2. The molecule has 4 rings (SSSR count). The summed E-state index contributed by atoms with van der Waals surface area (Å²) in [5, 5.41) is 12.9. The first-order valence-corrected chi connectivity index (χ1v) is 11.8. The summed E-state index contributed by atoms with van der Waals surface area (Å²) in [4.78, 5) is 27.6. The topological polar surface area (TPSA) is 99.3 Å². The Balaban J connectivity index is 1.45. The zero-order valence-electron chi connectivity index (χ0n) is 18.9. The maximum Gasteiger partial charge on any atom is 0.414 e. The van der Waals surface area contributed by atoms with E-state index in [4.69, 9.17) is 16.3 Å². The molecule has 178 valence electrons. The van der Waals surface area contributed by atoms with Crippen LogP contribution in [-0.2, 0) is 6.42 Å². The molecule has 3 N–H and O–H groups in total. The summed E-state index contributed by atoms with van der Waals surface area (Å²) in [5.41, 5.74) is 1.88. The molecule has 0 unspecified atom stereocenters. The summed E-state index contributed by atoms with van der Waals surface area (Å²) in [7, 11) is 0. The minimum absolute atomic E-state index is 0.119. The number of carbonyl (C=O) groups is 2. The van der Waals surface area contributed by atoms with Crippen LogP contribution in [0.15, 0.2) is 54.6 Å². The molecule has 0 radical (unpaired) electrons. The molecule has 0 saturated carbocycles. The number of nitrogens with zero attached hydrogens (tertiary/aromatic N) is 2. The van der Waals surface area contributed by atoms with E-state index in [1.54, 1.807) is 24.3 Å². The highest BCUT2D eigenvalue weighted by Gasteiger charge is 2.21. The van der Waals surface area contributed by atoms with Crippen LogP contribution in [0.1, 0.15) is 40.7 Å². The van der Waals surface area contributed by atoms with Crippen molar-refractivity contribution in [1.29, 1.82) is 0 Å². The highest BCUT2D eigenvalue weighted by molar-refractivity contribution is 6.34. The fourth-order valence-electron chi connectivity index (χ4n) is 3.95. The molecule has 1 aliphatic heterocycles. The third kappa shape index (κ3) is 6.36. The zero-order valence-corrected chi connectivity index (χ0v) is 19.6. The Labute approximate surface area is 203 Å². The molecule has 3 aromatic rings. The Bertz CT molecular complexity index is 1110. The number of benzene rings is 2. The van der Waals surface area contributed by atoms with Crippen LogP contribution in [0.25, 0.3) is 0 Å². The van der Waals surface area contributed by atoms with Gasteiger partial charge in [-0.2, -0.15) is 0 Å². The van der Waals surface area contributed by atoms with Crippen LogP contribution in [-0.4, -0.2) is 53.3 Å². The molecular formula is C25H28ClN5O3. The Kier molecular flexibility index (Phi) is 8.17. The number of piperidine rings is 1. The van der Waals surface area contributed by atoms with Gasteiger partial charge in [-0.05, 0) is 43.6 Å². The molecule has 8 nitrogen and oxygen atoms in total. The summed E-state index contributed by atoms with van der Waals surface area (Å²) in [6.45, 7) is 3.40. The number of hydrogen-bond donors (Lipinski definition) is 3. The van der Waals surface area contributed by atoms with Crippen molar-refractivity contribution in [2.24, 2.45) is 0 Å². The number of likely N-dealkylation sites (tertiary alicyclic amines) is 1. The van der Waals surface area contributed by atoms with Crippen molar-refractivity contribution >= 4 is 29.4 Å². The summed E-state index contributed by atoms with van der Waals surface area (Å²) in [6, 6.07) is 16.5. The normalized spacial score (nSPS) is 13.9. The minimum Gasteiger partial charge on any atom is -0.389 e. The van der Waals surface area contributed by atoms with Gasteiger partial charge in [0, 0.05) is 19.5 Å².